The number of benzene rings is 2. The van der Waals surface area contributed by atoms with Crippen LogP contribution in [0.15, 0.2) is 47.5 Å². The van der Waals surface area contributed by atoms with E-state index >= 15 is 0 Å². The van der Waals surface area contributed by atoms with E-state index in [4.69, 9.17) is 20.2 Å². The lowest BCUT2D eigenvalue weighted by atomic mass is 9.88. The number of primary amides is 1. The molecule has 2 aromatic rings. The molecule has 26 heavy (non-hydrogen) atoms. The van der Waals surface area contributed by atoms with E-state index < -0.39 is 6.09 Å². The van der Waals surface area contributed by atoms with Crippen LogP contribution in [-0.2, 0) is 6.42 Å². The van der Waals surface area contributed by atoms with E-state index in [1.165, 1.54) is 5.56 Å². The standard InChI is InChI=1S/C21H24N2O3/c1-3-4-5-16-12-15-13-18(25-2)10-11-19(15)20(23-16)14-6-8-17(9-7-14)26-21(22)24/h6-11,13,16H,3-5,12H2,1-2H3,(H2,22,24)/t16-/m0/s1. The topological polar surface area (TPSA) is 73.9 Å². The Bertz CT molecular complexity index is 813. The summed E-state index contributed by atoms with van der Waals surface area (Å²) in [5.74, 6) is 1.29. The first-order valence-electron chi connectivity index (χ1n) is 8.93. The molecule has 3 rings (SSSR count). The third kappa shape index (κ3) is 4.04. The molecule has 0 spiro atoms. The van der Waals surface area contributed by atoms with E-state index in [2.05, 4.69) is 19.1 Å². The lowest BCUT2D eigenvalue weighted by Gasteiger charge is -2.24. The SMILES string of the molecule is CCCC[C@H]1Cc2cc(OC)ccc2C(c2ccc(OC(N)=O)cc2)=N1. The molecule has 5 nitrogen and oxygen atoms in total. The third-order valence-corrected chi connectivity index (χ3v) is 4.57. The van der Waals surface area contributed by atoms with Crippen LogP contribution in [0.3, 0.4) is 0 Å². The van der Waals surface area contributed by atoms with Crippen LogP contribution in [0.5, 0.6) is 11.5 Å². The second kappa shape index (κ2) is 8.04. The Morgan fingerprint density at radius 1 is 1.19 bits per heavy atom. The highest BCUT2D eigenvalue weighted by molar-refractivity contribution is 6.14. The molecular formula is C21H24N2O3. The summed E-state index contributed by atoms with van der Waals surface area (Å²) in [4.78, 5) is 15.9. The van der Waals surface area contributed by atoms with Crippen LogP contribution in [0.1, 0.15) is 42.9 Å². The zero-order chi connectivity index (χ0) is 18.5. The quantitative estimate of drug-likeness (QED) is 0.850. The molecule has 1 heterocycles. The summed E-state index contributed by atoms with van der Waals surface area (Å²) in [6.07, 6.45) is 3.50. The number of methoxy groups -OCH3 is 1. The molecule has 2 aromatic carbocycles. The first-order chi connectivity index (χ1) is 12.6. The van der Waals surface area contributed by atoms with E-state index in [-0.39, 0.29) is 6.04 Å². The summed E-state index contributed by atoms with van der Waals surface area (Å²) in [7, 11) is 1.69. The van der Waals surface area contributed by atoms with Gasteiger partial charge in [0.2, 0.25) is 0 Å². The molecule has 2 N–H and O–H groups in total. The van der Waals surface area contributed by atoms with Crippen molar-refractivity contribution < 1.29 is 14.3 Å². The van der Waals surface area contributed by atoms with Crippen LogP contribution in [-0.4, -0.2) is 25.0 Å². The van der Waals surface area contributed by atoms with E-state index in [1.807, 2.05) is 18.2 Å². The van der Waals surface area contributed by atoms with Gasteiger partial charge in [-0.15, -0.1) is 0 Å². The molecule has 0 aromatic heterocycles. The van der Waals surface area contributed by atoms with Crippen molar-refractivity contribution in [1.29, 1.82) is 0 Å². The summed E-state index contributed by atoms with van der Waals surface area (Å²) in [6, 6.07) is 13.7. The summed E-state index contributed by atoms with van der Waals surface area (Å²) in [5, 5.41) is 0. The third-order valence-electron chi connectivity index (χ3n) is 4.57. The van der Waals surface area contributed by atoms with Gasteiger partial charge in [0.15, 0.2) is 0 Å². The molecule has 1 amide bonds. The average molecular weight is 352 g/mol. The number of amides is 1. The highest BCUT2D eigenvalue weighted by atomic mass is 16.5. The van der Waals surface area contributed by atoms with Crippen molar-refractivity contribution in [2.75, 3.05) is 7.11 Å². The molecule has 1 aliphatic heterocycles. The fourth-order valence-electron chi connectivity index (χ4n) is 3.28. The van der Waals surface area contributed by atoms with E-state index in [0.29, 0.717) is 5.75 Å². The minimum Gasteiger partial charge on any atom is -0.497 e. The van der Waals surface area contributed by atoms with Gasteiger partial charge in [0.1, 0.15) is 11.5 Å². The van der Waals surface area contributed by atoms with Gasteiger partial charge >= 0.3 is 6.09 Å². The van der Waals surface area contributed by atoms with Crippen LogP contribution >= 0.6 is 0 Å². The molecular weight excluding hydrogens is 328 g/mol. The number of carbonyl (C=O) groups is 1. The van der Waals surface area contributed by atoms with Crippen molar-refractivity contribution in [2.45, 2.75) is 38.6 Å². The Kier molecular flexibility index (Phi) is 5.56. The van der Waals surface area contributed by atoms with E-state index in [0.717, 1.165) is 48.3 Å². The Hall–Kier alpha value is -2.82. The van der Waals surface area contributed by atoms with Gasteiger partial charge in [-0.1, -0.05) is 19.8 Å². The highest BCUT2D eigenvalue weighted by Gasteiger charge is 2.22. The highest BCUT2D eigenvalue weighted by Crippen LogP contribution is 2.29. The number of hydrogen-bond acceptors (Lipinski definition) is 4. The molecule has 0 radical (unpaired) electrons. The van der Waals surface area contributed by atoms with Crippen molar-refractivity contribution in [1.82, 2.24) is 0 Å². The fraction of sp³-hybridized carbons (Fsp3) is 0.333. The number of nitrogens with two attached hydrogens (primary N) is 1. The summed E-state index contributed by atoms with van der Waals surface area (Å²) < 4.78 is 10.3. The molecule has 5 heteroatoms. The molecule has 0 aliphatic carbocycles. The number of rotatable bonds is 6. The van der Waals surface area contributed by atoms with Gasteiger partial charge in [-0.25, -0.2) is 4.79 Å². The lowest BCUT2D eigenvalue weighted by Crippen LogP contribution is -2.22. The predicted molar refractivity (Wildman–Crippen MR) is 102 cm³/mol. The summed E-state index contributed by atoms with van der Waals surface area (Å²) >= 11 is 0. The summed E-state index contributed by atoms with van der Waals surface area (Å²) in [6.45, 7) is 2.20. The number of fused-ring (bicyclic) bond motifs is 1. The molecule has 0 saturated heterocycles. The van der Waals surface area contributed by atoms with Gasteiger partial charge in [-0.05, 0) is 60.9 Å². The van der Waals surface area contributed by atoms with Crippen molar-refractivity contribution in [3.63, 3.8) is 0 Å². The molecule has 1 atom stereocenters. The smallest absolute Gasteiger partial charge is 0.409 e. The monoisotopic (exact) mass is 352 g/mol. The zero-order valence-corrected chi connectivity index (χ0v) is 15.2. The van der Waals surface area contributed by atoms with E-state index in [1.54, 1.807) is 19.2 Å². The number of hydrogen-bond donors (Lipinski definition) is 1. The predicted octanol–water partition coefficient (Wildman–Crippen LogP) is 4.11. The van der Waals surface area contributed by atoms with Crippen molar-refractivity contribution in [2.24, 2.45) is 10.7 Å². The van der Waals surface area contributed by atoms with Gasteiger partial charge in [-0.2, -0.15) is 0 Å². The van der Waals surface area contributed by atoms with Crippen molar-refractivity contribution in [3.8, 4) is 11.5 Å². The van der Waals surface area contributed by atoms with Crippen LogP contribution in [0.4, 0.5) is 4.79 Å². The molecule has 1 aliphatic rings. The minimum absolute atomic E-state index is 0.270. The Balaban J connectivity index is 1.96. The first-order valence-corrected chi connectivity index (χ1v) is 8.93. The van der Waals surface area contributed by atoms with Crippen LogP contribution in [0.25, 0.3) is 0 Å². The maximum Gasteiger partial charge on any atom is 0.409 e. The molecule has 0 bridgehead atoms. The maximum absolute atomic E-state index is 10.9. The van der Waals surface area contributed by atoms with Crippen molar-refractivity contribution in [3.05, 3.63) is 59.2 Å². The maximum atomic E-state index is 10.9. The molecule has 0 unspecified atom stereocenters. The zero-order valence-electron chi connectivity index (χ0n) is 15.2. The fourth-order valence-corrected chi connectivity index (χ4v) is 3.28. The lowest BCUT2D eigenvalue weighted by molar-refractivity contribution is 0.211. The van der Waals surface area contributed by atoms with Crippen LogP contribution < -0.4 is 15.2 Å². The molecule has 136 valence electrons. The largest absolute Gasteiger partial charge is 0.497 e. The number of unbranched alkanes of at least 4 members (excludes halogenated alkanes) is 1. The number of aliphatic imine (C=N–C) groups is 1. The normalized spacial score (nSPS) is 15.8. The van der Waals surface area contributed by atoms with Crippen LogP contribution in [0, 0.1) is 0 Å². The number of nitrogens with zero attached hydrogens (tertiary/aromatic N) is 1. The number of ether oxygens (including phenoxy) is 2. The Labute approximate surface area is 153 Å². The van der Waals surface area contributed by atoms with Gasteiger partial charge in [0, 0.05) is 11.1 Å². The van der Waals surface area contributed by atoms with Crippen LogP contribution in [0.2, 0.25) is 0 Å². The van der Waals surface area contributed by atoms with Gasteiger partial charge in [-0.3, -0.25) is 4.99 Å². The van der Waals surface area contributed by atoms with E-state index in [9.17, 15) is 4.79 Å². The Morgan fingerprint density at radius 2 is 1.92 bits per heavy atom. The second-order valence-corrected chi connectivity index (χ2v) is 6.45. The minimum atomic E-state index is -0.815. The molecule has 0 saturated carbocycles. The average Bonchev–Trinajstić information content (AvgIpc) is 2.65. The first kappa shape index (κ1) is 18.0. The number of carbonyl (C=O) groups excluding carboxylic acids is 1. The molecule has 0 fully saturated rings. The Morgan fingerprint density at radius 3 is 2.58 bits per heavy atom. The van der Waals surface area contributed by atoms with Gasteiger partial charge < -0.3 is 15.2 Å². The van der Waals surface area contributed by atoms with Gasteiger partial charge in [0.05, 0.1) is 18.9 Å². The second-order valence-electron chi connectivity index (χ2n) is 6.45. The van der Waals surface area contributed by atoms with Gasteiger partial charge in [0.25, 0.3) is 0 Å². The summed E-state index contributed by atoms with van der Waals surface area (Å²) in [5.41, 5.74) is 9.42. The van der Waals surface area contributed by atoms with Crippen molar-refractivity contribution >= 4 is 11.8 Å².